The van der Waals surface area contributed by atoms with Crippen molar-refractivity contribution in [2.45, 2.75) is 44.8 Å². The molecule has 0 amide bonds. The van der Waals surface area contributed by atoms with Crippen LogP contribution in [0.1, 0.15) is 37.7 Å². The van der Waals surface area contributed by atoms with Crippen LogP contribution in [0.15, 0.2) is 36.7 Å². The predicted molar refractivity (Wildman–Crippen MR) is 95.9 cm³/mol. The van der Waals surface area contributed by atoms with Crippen molar-refractivity contribution in [3.05, 3.63) is 42.2 Å². The molecule has 25 heavy (non-hydrogen) atoms. The molecule has 1 fully saturated rings. The van der Waals surface area contributed by atoms with Gasteiger partial charge in [0.05, 0.1) is 25.1 Å². The summed E-state index contributed by atoms with van der Waals surface area (Å²) < 4.78 is 11.3. The molecule has 3 rings (SSSR count). The first-order valence-electron chi connectivity index (χ1n) is 8.88. The Hall–Kier alpha value is -2.34. The van der Waals surface area contributed by atoms with E-state index in [1.165, 1.54) is 25.5 Å². The van der Waals surface area contributed by atoms with Crippen LogP contribution in [0, 0.1) is 0 Å². The topological polar surface area (TPSA) is 76.5 Å². The molecule has 0 unspecified atom stereocenters. The highest BCUT2D eigenvalue weighted by Crippen LogP contribution is 2.23. The van der Waals surface area contributed by atoms with Crippen LogP contribution in [0.2, 0.25) is 0 Å². The van der Waals surface area contributed by atoms with Gasteiger partial charge in [-0.05, 0) is 43.4 Å². The van der Waals surface area contributed by atoms with E-state index in [4.69, 9.17) is 14.6 Å². The number of rotatable bonds is 8. The van der Waals surface area contributed by atoms with Crippen LogP contribution in [-0.2, 0) is 6.54 Å². The van der Waals surface area contributed by atoms with E-state index < -0.39 is 0 Å². The maximum absolute atomic E-state index is 8.78. The number of anilines is 1. The van der Waals surface area contributed by atoms with Crippen LogP contribution in [0.25, 0.3) is 0 Å². The van der Waals surface area contributed by atoms with E-state index in [1.54, 1.807) is 6.20 Å². The summed E-state index contributed by atoms with van der Waals surface area (Å²) in [5, 5.41) is 12.0. The number of ether oxygens (including phenoxy) is 2. The zero-order valence-corrected chi connectivity index (χ0v) is 14.4. The van der Waals surface area contributed by atoms with Gasteiger partial charge in [-0.2, -0.15) is 4.98 Å². The van der Waals surface area contributed by atoms with Gasteiger partial charge in [0.25, 0.3) is 0 Å². The fourth-order valence-corrected chi connectivity index (χ4v) is 2.91. The van der Waals surface area contributed by atoms with Gasteiger partial charge >= 0.3 is 0 Å². The summed E-state index contributed by atoms with van der Waals surface area (Å²) in [7, 11) is 0. The third-order valence-electron chi connectivity index (χ3n) is 4.21. The van der Waals surface area contributed by atoms with E-state index in [9.17, 15) is 0 Å². The summed E-state index contributed by atoms with van der Waals surface area (Å²) >= 11 is 0. The molecule has 6 heteroatoms. The van der Waals surface area contributed by atoms with Crippen molar-refractivity contribution in [1.82, 2.24) is 9.97 Å². The van der Waals surface area contributed by atoms with E-state index in [1.807, 2.05) is 12.1 Å². The molecule has 0 spiro atoms. The van der Waals surface area contributed by atoms with Crippen molar-refractivity contribution in [3.63, 3.8) is 0 Å². The fourth-order valence-electron chi connectivity index (χ4n) is 2.91. The van der Waals surface area contributed by atoms with Crippen molar-refractivity contribution in [2.75, 3.05) is 18.5 Å². The minimum atomic E-state index is -0.0470. The number of benzene rings is 1. The van der Waals surface area contributed by atoms with Gasteiger partial charge in [-0.25, -0.2) is 0 Å². The molecule has 2 N–H and O–H groups in total. The second-order valence-electron chi connectivity index (χ2n) is 6.19. The summed E-state index contributed by atoms with van der Waals surface area (Å²) in [6.07, 6.45) is 9.75. The van der Waals surface area contributed by atoms with Crippen LogP contribution >= 0.6 is 0 Å². The molecule has 6 nitrogen and oxygen atoms in total. The molecule has 0 atom stereocenters. The first-order valence-corrected chi connectivity index (χ1v) is 8.88. The van der Waals surface area contributed by atoms with E-state index in [-0.39, 0.29) is 13.2 Å². The third-order valence-corrected chi connectivity index (χ3v) is 4.21. The third kappa shape index (κ3) is 5.60. The molecule has 134 valence electrons. The maximum atomic E-state index is 8.78. The molecule has 1 aliphatic rings. The van der Waals surface area contributed by atoms with Gasteiger partial charge in [-0.1, -0.05) is 18.6 Å². The Morgan fingerprint density at radius 2 is 1.88 bits per heavy atom. The monoisotopic (exact) mass is 343 g/mol. The zero-order valence-electron chi connectivity index (χ0n) is 14.4. The Kier molecular flexibility index (Phi) is 6.45. The van der Waals surface area contributed by atoms with E-state index in [0.29, 0.717) is 24.3 Å². The number of hydrogen-bond donors (Lipinski definition) is 2. The smallest absolute Gasteiger partial charge is 0.234 e. The molecule has 0 radical (unpaired) electrons. The highest BCUT2D eigenvalue weighted by atomic mass is 16.5. The molecular weight excluding hydrogens is 318 g/mol. The zero-order chi connectivity index (χ0) is 17.3. The van der Waals surface area contributed by atoms with Crippen molar-refractivity contribution < 1.29 is 14.6 Å². The summed E-state index contributed by atoms with van der Waals surface area (Å²) in [5.74, 6) is 1.98. The highest BCUT2D eigenvalue weighted by molar-refractivity contribution is 5.36. The number of aliphatic hydroxyl groups is 1. The highest BCUT2D eigenvalue weighted by Gasteiger charge is 2.14. The average Bonchev–Trinajstić information content (AvgIpc) is 2.67. The fraction of sp³-hybridized carbons (Fsp3) is 0.474. The Morgan fingerprint density at radius 3 is 2.64 bits per heavy atom. The molecular formula is C19H25N3O3. The minimum Gasteiger partial charge on any atom is -0.490 e. The van der Waals surface area contributed by atoms with E-state index in [0.717, 1.165) is 24.2 Å². The molecule has 1 aromatic carbocycles. The molecule has 1 heterocycles. The summed E-state index contributed by atoms with van der Waals surface area (Å²) in [6.45, 7) is 0.803. The number of nitrogens with zero attached hydrogens (tertiary/aromatic N) is 2. The van der Waals surface area contributed by atoms with Crippen LogP contribution in [-0.4, -0.2) is 34.4 Å². The van der Waals surface area contributed by atoms with Crippen LogP contribution in [0.4, 0.5) is 5.82 Å². The van der Waals surface area contributed by atoms with Gasteiger partial charge in [0.15, 0.2) is 0 Å². The van der Waals surface area contributed by atoms with E-state index >= 15 is 0 Å². The largest absolute Gasteiger partial charge is 0.490 e. The second-order valence-corrected chi connectivity index (χ2v) is 6.19. The second kappa shape index (κ2) is 9.22. The van der Waals surface area contributed by atoms with Crippen molar-refractivity contribution in [3.8, 4) is 11.6 Å². The summed E-state index contributed by atoms with van der Waals surface area (Å²) in [4.78, 5) is 8.37. The molecule has 1 aromatic heterocycles. The Morgan fingerprint density at radius 1 is 1.08 bits per heavy atom. The standard InChI is InChI=1S/C19H25N3O3/c23-10-11-24-19-14-20-13-18(22-19)21-12-15-6-8-17(9-7-15)25-16-4-2-1-3-5-16/h6-9,13-14,16,23H,1-5,10-12H2,(H,21,22). The lowest BCUT2D eigenvalue weighted by Crippen LogP contribution is -2.19. The number of aliphatic hydroxyl groups excluding tert-OH is 1. The van der Waals surface area contributed by atoms with E-state index in [2.05, 4.69) is 27.4 Å². The van der Waals surface area contributed by atoms with Gasteiger partial charge in [-0.3, -0.25) is 4.98 Å². The number of aromatic nitrogens is 2. The normalized spacial score (nSPS) is 14.9. The SMILES string of the molecule is OCCOc1cncc(NCc2ccc(OC3CCCCC3)cc2)n1. The lowest BCUT2D eigenvalue weighted by Gasteiger charge is -2.23. The van der Waals surface area contributed by atoms with Gasteiger partial charge < -0.3 is 19.9 Å². The van der Waals surface area contributed by atoms with Crippen LogP contribution < -0.4 is 14.8 Å². The number of nitrogens with one attached hydrogen (secondary N) is 1. The predicted octanol–water partition coefficient (Wildman–Crippen LogP) is 3.17. The van der Waals surface area contributed by atoms with Gasteiger partial charge in [0, 0.05) is 6.54 Å². The van der Waals surface area contributed by atoms with Crippen molar-refractivity contribution >= 4 is 5.82 Å². The first-order chi connectivity index (χ1) is 12.3. The van der Waals surface area contributed by atoms with Gasteiger partial charge in [0.2, 0.25) is 5.88 Å². The summed E-state index contributed by atoms with van der Waals surface area (Å²) in [5.41, 5.74) is 1.14. The lowest BCUT2D eigenvalue weighted by molar-refractivity contribution is 0.155. The van der Waals surface area contributed by atoms with Crippen LogP contribution in [0.5, 0.6) is 11.6 Å². The molecule has 0 aliphatic heterocycles. The Balaban J connectivity index is 1.49. The van der Waals surface area contributed by atoms with Crippen molar-refractivity contribution in [2.24, 2.45) is 0 Å². The molecule has 0 saturated heterocycles. The molecule has 0 bridgehead atoms. The van der Waals surface area contributed by atoms with Gasteiger partial charge in [-0.15, -0.1) is 0 Å². The molecule has 2 aromatic rings. The summed E-state index contributed by atoms with van der Waals surface area (Å²) in [6, 6.07) is 8.17. The minimum absolute atomic E-state index is 0.0470. The average molecular weight is 343 g/mol. The Labute approximate surface area is 148 Å². The lowest BCUT2D eigenvalue weighted by atomic mass is 9.98. The first kappa shape index (κ1) is 17.5. The quantitative estimate of drug-likeness (QED) is 0.767. The number of hydrogen-bond acceptors (Lipinski definition) is 6. The molecule has 1 aliphatic carbocycles. The van der Waals surface area contributed by atoms with Crippen LogP contribution in [0.3, 0.4) is 0 Å². The maximum Gasteiger partial charge on any atom is 0.234 e. The van der Waals surface area contributed by atoms with Gasteiger partial charge in [0.1, 0.15) is 18.2 Å². The Bertz CT molecular complexity index is 643. The molecule has 1 saturated carbocycles. The van der Waals surface area contributed by atoms with Crippen molar-refractivity contribution in [1.29, 1.82) is 0 Å².